The third kappa shape index (κ3) is 6.23. The summed E-state index contributed by atoms with van der Waals surface area (Å²) in [5.41, 5.74) is 6.43. The van der Waals surface area contributed by atoms with E-state index in [0.717, 1.165) is 32.8 Å². The largest absolute Gasteiger partial charge is 0.493 e. The van der Waals surface area contributed by atoms with Gasteiger partial charge < -0.3 is 28.7 Å². The lowest BCUT2D eigenvalue weighted by molar-refractivity contribution is 0.0727. The maximum atomic E-state index is 13.6. The first-order valence-electron chi connectivity index (χ1n) is 15.2. The van der Waals surface area contributed by atoms with Crippen LogP contribution in [0.25, 0.3) is 32.8 Å². The van der Waals surface area contributed by atoms with Crippen molar-refractivity contribution in [3.05, 3.63) is 114 Å². The monoisotopic (exact) mass is 643 g/mol. The number of aromatic amines is 1. The van der Waals surface area contributed by atoms with Gasteiger partial charge in [0, 0.05) is 16.3 Å². The molecule has 6 rings (SSSR count). The molecule has 242 valence electrons. The van der Waals surface area contributed by atoms with Gasteiger partial charge in [-0.2, -0.15) is 5.10 Å². The van der Waals surface area contributed by atoms with Crippen molar-refractivity contribution in [2.24, 2.45) is 5.10 Å². The summed E-state index contributed by atoms with van der Waals surface area (Å²) >= 11 is 0. The molecule has 10 nitrogen and oxygen atoms in total. The summed E-state index contributed by atoms with van der Waals surface area (Å²) in [5.74, 6) is 0.474. The van der Waals surface area contributed by atoms with Crippen LogP contribution < -0.4 is 29.1 Å². The van der Waals surface area contributed by atoms with E-state index in [4.69, 9.17) is 23.7 Å². The van der Waals surface area contributed by atoms with E-state index >= 15 is 0 Å². The molecule has 0 bridgehead atoms. The molecule has 10 heteroatoms. The molecule has 0 radical (unpaired) electrons. The van der Waals surface area contributed by atoms with Crippen LogP contribution in [0.3, 0.4) is 0 Å². The van der Waals surface area contributed by atoms with Crippen LogP contribution in [-0.4, -0.2) is 51.0 Å². The number of amides is 1. The van der Waals surface area contributed by atoms with Gasteiger partial charge in [0.2, 0.25) is 5.75 Å². The highest BCUT2D eigenvalue weighted by Crippen LogP contribution is 2.39. The number of aromatic nitrogens is 1. The number of hydrogen-bond donors (Lipinski definition) is 2. The molecule has 1 heterocycles. The van der Waals surface area contributed by atoms with Crippen molar-refractivity contribution >= 4 is 39.8 Å². The zero-order chi connectivity index (χ0) is 33.6. The minimum Gasteiger partial charge on any atom is -0.493 e. The van der Waals surface area contributed by atoms with E-state index in [1.807, 2.05) is 67.6 Å². The van der Waals surface area contributed by atoms with E-state index in [-0.39, 0.29) is 11.3 Å². The molecule has 6 aromatic rings. The average Bonchev–Trinajstić information content (AvgIpc) is 3.53. The van der Waals surface area contributed by atoms with Crippen LogP contribution in [0, 0.1) is 0 Å². The van der Waals surface area contributed by atoms with Crippen molar-refractivity contribution in [2.75, 3.05) is 27.9 Å². The van der Waals surface area contributed by atoms with Crippen molar-refractivity contribution in [2.45, 2.75) is 6.92 Å². The smallest absolute Gasteiger partial charge is 0.343 e. The maximum absolute atomic E-state index is 13.6. The molecule has 0 spiro atoms. The molecule has 1 amide bonds. The quantitative estimate of drug-likeness (QED) is 0.0654. The third-order valence-corrected chi connectivity index (χ3v) is 7.74. The number of ether oxygens (including phenoxy) is 5. The number of benzene rings is 5. The van der Waals surface area contributed by atoms with Gasteiger partial charge >= 0.3 is 5.97 Å². The number of hydrazone groups is 1. The Morgan fingerprint density at radius 1 is 0.771 bits per heavy atom. The summed E-state index contributed by atoms with van der Waals surface area (Å²) in [5, 5.41) is 7.25. The Morgan fingerprint density at radius 2 is 1.50 bits per heavy atom. The molecule has 0 aliphatic rings. The molecular weight excluding hydrogens is 610 g/mol. The number of nitrogens with zero attached hydrogens (tertiary/aromatic N) is 1. The summed E-state index contributed by atoms with van der Waals surface area (Å²) in [7, 11) is 4.41. The number of carbonyl (C=O) groups is 2. The number of rotatable bonds is 11. The molecule has 2 N–H and O–H groups in total. The van der Waals surface area contributed by atoms with Gasteiger partial charge in [-0.05, 0) is 53.8 Å². The molecular formula is C38H33N3O7. The van der Waals surface area contributed by atoms with Gasteiger partial charge in [0.15, 0.2) is 23.0 Å². The number of carbonyl (C=O) groups excluding carboxylic acids is 2. The van der Waals surface area contributed by atoms with Crippen molar-refractivity contribution in [3.63, 3.8) is 0 Å². The zero-order valence-corrected chi connectivity index (χ0v) is 26.8. The molecule has 5 aromatic carbocycles. The summed E-state index contributed by atoms with van der Waals surface area (Å²) in [6, 6.07) is 29.9. The lowest BCUT2D eigenvalue weighted by Crippen LogP contribution is -2.18. The Balaban J connectivity index is 1.25. The van der Waals surface area contributed by atoms with Gasteiger partial charge in [0.1, 0.15) is 5.69 Å². The average molecular weight is 644 g/mol. The van der Waals surface area contributed by atoms with Gasteiger partial charge in [0.05, 0.1) is 45.2 Å². The minimum absolute atomic E-state index is 0.195. The Hall–Kier alpha value is -6.29. The Kier molecular flexibility index (Phi) is 9.24. The predicted octanol–water partition coefficient (Wildman–Crippen LogP) is 7.40. The number of esters is 1. The number of hydrogen-bond acceptors (Lipinski definition) is 8. The first kappa shape index (κ1) is 31.7. The minimum atomic E-state index is -0.649. The molecule has 0 saturated carbocycles. The fourth-order valence-corrected chi connectivity index (χ4v) is 5.55. The SMILES string of the molecule is CCOc1cc(C=NNC(=O)c2[nH]c3c(ccc4ccccc43)c2-c2ccccc2)ccc1OC(=O)c1cc(OC)c(OC)c(OC)c1. The van der Waals surface area contributed by atoms with Gasteiger partial charge in [-0.15, -0.1) is 0 Å². The van der Waals surface area contributed by atoms with E-state index in [1.54, 1.807) is 18.2 Å². The van der Waals surface area contributed by atoms with E-state index in [1.165, 1.54) is 39.7 Å². The number of H-pyrrole nitrogens is 1. The Labute approximate surface area is 276 Å². The Bertz CT molecular complexity index is 2130. The van der Waals surface area contributed by atoms with Crippen LogP contribution >= 0.6 is 0 Å². The van der Waals surface area contributed by atoms with Gasteiger partial charge in [0.25, 0.3) is 5.91 Å². The number of nitrogens with one attached hydrogen (secondary N) is 2. The zero-order valence-electron chi connectivity index (χ0n) is 26.8. The second kappa shape index (κ2) is 14.0. The van der Waals surface area contributed by atoms with E-state index < -0.39 is 11.9 Å². The molecule has 0 saturated heterocycles. The van der Waals surface area contributed by atoms with Gasteiger partial charge in [-0.3, -0.25) is 4.79 Å². The number of methoxy groups -OCH3 is 3. The van der Waals surface area contributed by atoms with E-state index in [9.17, 15) is 9.59 Å². The van der Waals surface area contributed by atoms with Crippen LogP contribution in [0.4, 0.5) is 0 Å². The lowest BCUT2D eigenvalue weighted by Gasteiger charge is -2.15. The molecule has 0 aliphatic carbocycles. The highest BCUT2D eigenvalue weighted by atomic mass is 16.6. The van der Waals surface area contributed by atoms with Crippen LogP contribution in [0.15, 0.2) is 102 Å². The van der Waals surface area contributed by atoms with Gasteiger partial charge in [-0.1, -0.05) is 66.7 Å². The van der Waals surface area contributed by atoms with Crippen molar-refractivity contribution in [1.29, 1.82) is 0 Å². The van der Waals surface area contributed by atoms with Crippen LogP contribution in [-0.2, 0) is 0 Å². The van der Waals surface area contributed by atoms with Crippen molar-refractivity contribution in [1.82, 2.24) is 10.4 Å². The normalized spacial score (nSPS) is 11.1. The van der Waals surface area contributed by atoms with Crippen LogP contribution in [0.5, 0.6) is 28.7 Å². The highest BCUT2D eigenvalue weighted by molar-refractivity contribution is 6.16. The van der Waals surface area contributed by atoms with Crippen molar-refractivity contribution in [3.8, 4) is 39.9 Å². The fraction of sp³-hybridized carbons (Fsp3) is 0.132. The van der Waals surface area contributed by atoms with Crippen LogP contribution in [0.1, 0.15) is 33.3 Å². The Morgan fingerprint density at radius 3 is 2.21 bits per heavy atom. The first-order valence-corrected chi connectivity index (χ1v) is 15.2. The van der Waals surface area contributed by atoms with E-state index in [2.05, 4.69) is 21.6 Å². The topological polar surface area (TPSA) is 120 Å². The second-order valence-electron chi connectivity index (χ2n) is 10.6. The fourth-order valence-electron chi connectivity index (χ4n) is 5.55. The summed E-state index contributed by atoms with van der Waals surface area (Å²) < 4.78 is 27.5. The third-order valence-electron chi connectivity index (χ3n) is 7.74. The van der Waals surface area contributed by atoms with Gasteiger partial charge in [-0.25, -0.2) is 10.2 Å². The highest BCUT2D eigenvalue weighted by Gasteiger charge is 2.22. The maximum Gasteiger partial charge on any atom is 0.343 e. The molecule has 0 unspecified atom stereocenters. The number of fused-ring (bicyclic) bond motifs is 3. The summed E-state index contributed by atoms with van der Waals surface area (Å²) in [6.07, 6.45) is 1.49. The van der Waals surface area contributed by atoms with Crippen molar-refractivity contribution < 1.29 is 33.3 Å². The molecule has 48 heavy (non-hydrogen) atoms. The van der Waals surface area contributed by atoms with Crippen LogP contribution in [0.2, 0.25) is 0 Å². The molecule has 1 aromatic heterocycles. The summed E-state index contributed by atoms with van der Waals surface area (Å²) in [4.78, 5) is 30.1. The summed E-state index contributed by atoms with van der Waals surface area (Å²) in [6.45, 7) is 2.14. The second-order valence-corrected chi connectivity index (χ2v) is 10.6. The lowest BCUT2D eigenvalue weighted by atomic mass is 9.99. The molecule has 0 aliphatic heterocycles. The molecule has 0 fully saturated rings. The molecule has 0 atom stereocenters. The standard InChI is InChI=1S/C38H33N3O7/c1-5-47-30-19-23(15-18-29(30)48-38(43)26-20-31(44-2)36(46-4)32(21-26)45-3)22-39-41-37(42)35-33(25-12-7-6-8-13-25)28-17-16-24-11-9-10-14-27(24)34(28)40-35/h6-22,40H,5H2,1-4H3,(H,41,42). The first-order chi connectivity index (χ1) is 23.4. The predicted molar refractivity (Wildman–Crippen MR) is 185 cm³/mol. The van der Waals surface area contributed by atoms with E-state index in [0.29, 0.717) is 40.9 Å².